The number of nitrogens with zero attached hydrogens (tertiary/aromatic N) is 1. The smallest absolute Gasteiger partial charge is 0.235 e. The van der Waals surface area contributed by atoms with E-state index in [0.29, 0.717) is 25.3 Å². The molecule has 2 aromatic carbocycles. The molecule has 0 amide bonds. The molecule has 0 bridgehead atoms. The van der Waals surface area contributed by atoms with Crippen molar-refractivity contribution in [3.8, 4) is 0 Å². The summed E-state index contributed by atoms with van der Waals surface area (Å²) in [6.07, 6.45) is 0.603. The summed E-state index contributed by atoms with van der Waals surface area (Å²) in [5, 5.41) is 0. The summed E-state index contributed by atoms with van der Waals surface area (Å²) in [6, 6.07) is 19.0. The van der Waals surface area contributed by atoms with Crippen LogP contribution in [-0.2, 0) is 21.4 Å². The summed E-state index contributed by atoms with van der Waals surface area (Å²) >= 11 is 0. The normalized spacial score (nSPS) is 20.2. The third-order valence-electron chi connectivity index (χ3n) is 3.77. The lowest BCUT2D eigenvalue weighted by Crippen LogP contribution is -2.36. The minimum absolute atomic E-state index is 0.129. The van der Waals surface area contributed by atoms with E-state index in [-0.39, 0.29) is 11.8 Å². The maximum absolute atomic E-state index is 12.3. The average Bonchev–Trinajstić information content (AvgIpc) is 2.84. The Kier molecular flexibility index (Phi) is 4.45. The number of anilines is 1. The Morgan fingerprint density at radius 3 is 2.32 bits per heavy atom. The molecule has 1 atom stereocenters. The van der Waals surface area contributed by atoms with Crippen molar-refractivity contribution < 1.29 is 13.2 Å². The quantitative estimate of drug-likeness (QED) is 0.852. The molecule has 5 heteroatoms. The maximum atomic E-state index is 12.3. The van der Waals surface area contributed by atoms with Crippen LogP contribution in [0.4, 0.5) is 5.69 Å². The van der Waals surface area contributed by atoms with Crippen LogP contribution in [-0.4, -0.2) is 26.8 Å². The van der Waals surface area contributed by atoms with Gasteiger partial charge in [0.15, 0.2) is 0 Å². The van der Waals surface area contributed by atoms with Gasteiger partial charge in [-0.15, -0.1) is 0 Å². The molecule has 1 heterocycles. The van der Waals surface area contributed by atoms with Gasteiger partial charge in [-0.1, -0.05) is 48.5 Å². The van der Waals surface area contributed by atoms with Gasteiger partial charge in [0, 0.05) is 0 Å². The van der Waals surface area contributed by atoms with Crippen molar-refractivity contribution >= 4 is 15.7 Å². The summed E-state index contributed by atoms with van der Waals surface area (Å²) < 4.78 is 31.8. The fourth-order valence-electron chi connectivity index (χ4n) is 2.71. The van der Waals surface area contributed by atoms with Crippen LogP contribution in [0, 0.1) is 0 Å². The molecule has 116 valence electrons. The van der Waals surface area contributed by atoms with Gasteiger partial charge in [0.05, 0.1) is 30.7 Å². The van der Waals surface area contributed by atoms with Crippen LogP contribution < -0.4 is 4.31 Å². The largest absolute Gasteiger partial charge is 0.375 e. The first-order valence-corrected chi connectivity index (χ1v) is 8.96. The van der Waals surface area contributed by atoms with Gasteiger partial charge < -0.3 is 4.74 Å². The van der Waals surface area contributed by atoms with E-state index in [9.17, 15) is 8.42 Å². The molecule has 22 heavy (non-hydrogen) atoms. The van der Waals surface area contributed by atoms with Crippen molar-refractivity contribution in [3.63, 3.8) is 0 Å². The number of benzene rings is 2. The number of para-hydroxylation sites is 1. The first-order valence-electron chi connectivity index (χ1n) is 7.36. The molecule has 0 aliphatic carbocycles. The van der Waals surface area contributed by atoms with Crippen molar-refractivity contribution in [2.75, 3.05) is 16.7 Å². The van der Waals surface area contributed by atoms with Crippen LogP contribution in [0.25, 0.3) is 0 Å². The molecular formula is C17H19NO3S. The SMILES string of the molecule is O=S1(=O)CCC(COCc2ccccc2)N1c1ccccc1. The van der Waals surface area contributed by atoms with Crippen molar-refractivity contribution in [1.29, 1.82) is 0 Å². The molecule has 1 fully saturated rings. The lowest BCUT2D eigenvalue weighted by Gasteiger charge is -2.25. The maximum Gasteiger partial charge on any atom is 0.235 e. The van der Waals surface area contributed by atoms with Crippen molar-refractivity contribution in [1.82, 2.24) is 0 Å². The molecule has 0 N–H and O–H groups in total. The Labute approximate surface area is 131 Å². The lowest BCUT2D eigenvalue weighted by molar-refractivity contribution is 0.110. The molecule has 0 saturated carbocycles. The predicted octanol–water partition coefficient (Wildman–Crippen LogP) is 2.81. The van der Waals surface area contributed by atoms with Crippen LogP contribution in [0.15, 0.2) is 60.7 Å². The zero-order valence-electron chi connectivity index (χ0n) is 12.3. The number of hydrogen-bond acceptors (Lipinski definition) is 3. The summed E-state index contributed by atoms with van der Waals surface area (Å²) in [6.45, 7) is 0.906. The van der Waals surface area contributed by atoms with Gasteiger partial charge in [0.2, 0.25) is 10.0 Å². The van der Waals surface area contributed by atoms with E-state index in [1.54, 1.807) is 0 Å². The second-order valence-electron chi connectivity index (χ2n) is 5.39. The molecule has 2 aromatic rings. The summed E-state index contributed by atoms with van der Waals surface area (Å²) in [4.78, 5) is 0. The van der Waals surface area contributed by atoms with E-state index in [4.69, 9.17) is 4.74 Å². The van der Waals surface area contributed by atoms with Crippen LogP contribution in [0.5, 0.6) is 0 Å². The predicted molar refractivity (Wildman–Crippen MR) is 87.2 cm³/mol. The van der Waals surface area contributed by atoms with E-state index in [1.807, 2.05) is 60.7 Å². The molecule has 0 radical (unpaired) electrons. The molecule has 1 unspecified atom stereocenters. The number of sulfonamides is 1. The average molecular weight is 317 g/mol. The van der Waals surface area contributed by atoms with Crippen LogP contribution >= 0.6 is 0 Å². The highest BCUT2D eigenvalue weighted by Gasteiger charge is 2.37. The van der Waals surface area contributed by atoms with E-state index >= 15 is 0 Å². The molecular weight excluding hydrogens is 298 g/mol. The molecule has 3 rings (SSSR count). The van der Waals surface area contributed by atoms with Gasteiger partial charge in [-0.3, -0.25) is 4.31 Å². The van der Waals surface area contributed by atoms with E-state index in [0.717, 1.165) is 5.56 Å². The Bertz CT molecular complexity index is 701. The minimum Gasteiger partial charge on any atom is -0.375 e. The summed E-state index contributed by atoms with van der Waals surface area (Å²) in [5.74, 6) is 0.182. The summed E-state index contributed by atoms with van der Waals surface area (Å²) in [5.41, 5.74) is 1.81. The Morgan fingerprint density at radius 2 is 1.64 bits per heavy atom. The van der Waals surface area contributed by atoms with Gasteiger partial charge in [0.1, 0.15) is 0 Å². The van der Waals surface area contributed by atoms with Crippen molar-refractivity contribution in [2.45, 2.75) is 19.1 Å². The molecule has 1 aliphatic rings. The molecule has 1 saturated heterocycles. The highest BCUT2D eigenvalue weighted by molar-refractivity contribution is 7.93. The lowest BCUT2D eigenvalue weighted by atomic mass is 10.2. The van der Waals surface area contributed by atoms with Gasteiger partial charge in [-0.2, -0.15) is 0 Å². The van der Waals surface area contributed by atoms with Gasteiger partial charge >= 0.3 is 0 Å². The molecule has 0 spiro atoms. The minimum atomic E-state index is -3.23. The van der Waals surface area contributed by atoms with Gasteiger partial charge in [-0.25, -0.2) is 8.42 Å². The number of ether oxygens (including phenoxy) is 1. The highest BCUT2D eigenvalue weighted by Crippen LogP contribution is 2.29. The Hall–Kier alpha value is -1.85. The van der Waals surface area contributed by atoms with Crippen LogP contribution in [0.1, 0.15) is 12.0 Å². The third-order valence-corrected chi connectivity index (χ3v) is 5.63. The second-order valence-corrected chi connectivity index (χ2v) is 7.36. The zero-order valence-corrected chi connectivity index (χ0v) is 13.1. The standard InChI is InChI=1S/C17H19NO3S/c19-22(20)12-11-17(18(22)16-9-5-2-6-10-16)14-21-13-15-7-3-1-4-8-15/h1-10,17H,11-14H2. The second kappa shape index (κ2) is 6.50. The Balaban J connectivity index is 1.68. The fourth-order valence-corrected chi connectivity index (χ4v) is 4.54. The summed E-state index contributed by atoms with van der Waals surface area (Å²) in [7, 11) is -3.23. The van der Waals surface area contributed by atoms with Crippen LogP contribution in [0.2, 0.25) is 0 Å². The molecule has 1 aliphatic heterocycles. The number of hydrogen-bond donors (Lipinski definition) is 0. The first-order chi connectivity index (χ1) is 10.7. The van der Waals surface area contributed by atoms with Crippen molar-refractivity contribution in [3.05, 3.63) is 66.2 Å². The molecule has 4 nitrogen and oxygen atoms in total. The van der Waals surface area contributed by atoms with Crippen LogP contribution in [0.3, 0.4) is 0 Å². The highest BCUT2D eigenvalue weighted by atomic mass is 32.2. The Morgan fingerprint density at radius 1 is 1.00 bits per heavy atom. The van der Waals surface area contributed by atoms with Gasteiger partial charge in [-0.05, 0) is 24.1 Å². The van der Waals surface area contributed by atoms with Crippen molar-refractivity contribution in [2.24, 2.45) is 0 Å². The van der Waals surface area contributed by atoms with E-state index < -0.39 is 10.0 Å². The molecule has 0 aromatic heterocycles. The van der Waals surface area contributed by atoms with E-state index in [2.05, 4.69) is 0 Å². The monoisotopic (exact) mass is 317 g/mol. The number of rotatable bonds is 5. The fraction of sp³-hybridized carbons (Fsp3) is 0.294. The third kappa shape index (κ3) is 3.31. The zero-order chi connectivity index (χ0) is 15.4. The van der Waals surface area contributed by atoms with E-state index in [1.165, 1.54) is 4.31 Å². The van der Waals surface area contributed by atoms with Gasteiger partial charge in [0.25, 0.3) is 0 Å². The topological polar surface area (TPSA) is 46.6 Å². The first kappa shape index (κ1) is 15.1.